The highest BCUT2D eigenvalue weighted by molar-refractivity contribution is 6.17. The topological polar surface area (TPSA) is 180 Å². The number of nitrogens with zero attached hydrogens (tertiary/aromatic N) is 5. The van der Waals surface area contributed by atoms with Gasteiger partial charge in [-0.2, -0.15) is 4.68 Å². The molecule has 2 aromatic heterocycles. The average molecular weight is 405 g/mol. The number of benzene rings is 1. The summed E-state index contributed by atoms with van der Waals surface area (Å²) in [7, 11) is 0. The summed E-state index contributed by atoms with van der Waals surface area (Å²) in [5.74, 6) is -2.25. The van der Waals surface area contributed by atoms with Gasteiger partial charge in [-0.25, -0.2) is 14.2 Å². The third kappa shape index (κ3) is 3.40. The molecule has 12 nitrogen and oxygen atoms in total. The van der Waals surface area contributed by atoms with Crippen LogP contribution in [-0.2, 0) is 6.54 Å². The van der Waals surface area contributed by atoms with E-state index in [0.717, 1.165) is 21.5 Å². The molecule has 5 N–H and O–H groups in total. The predicted octanol–water partition coefficient (Wildman–Crippen LogP) is -1.03. The second kappa shape index (κ2) is 7.44. The summed E-state index contributed by atoms with van der Waals surface area (Å²) in [5, 5.41) is 9.96. The van der Waals surface area contributed by atoms with Gasteiger partial charge in [-0.3, -0.25) is 14.4 Å². The summed E-state index contributed by atoms with van der Waals surface area (Å²) in [5.41, 5.74) is 9.58. The first-order valence-corrected chi connectivity index (χ1v) is 8.28. The van der Waals surface area contributed by atoms with E-state index in [-0.39, 0.29) is 40.6 Å². The number of rotatable bonds is 6. The van der Waals surface area contributed by atoms with Crippen LogP contribution >= 0.6 is 11.6 Å². The molecule has 0 aliphatic carbocycles. The van der Waals surface area contributed by atoms with Crippen molar-refractivity contribution in [3.63, 3.8) is 0 Å². The number of imidazole rings is 1. The van der Waals surface area contributed by atoms with E-state index in [9.17, 15) is 19.2 Å². The fourth-order valence-corrected chi connectivity index (χ4v) is 2.57. The second-order valence-corrected chi connectivity index (χ2v) is 5.89. The Bertz CT molecular complexity index is 1170. The molecule has 2 heterocycles. The molecule has 3 aromatic rings. The van der Waals surface area contributed by atoms with Gasteiger partial charge in [0, 0.05) is 11.4 Å². The molecule has 0 saturated heterocycles. The molecule has 0 atom stereocenters. The lowest BCUT2D eigenvalue weighted by atomic mass is 10.1. The van der Waals surface area contributed by atoms with E-state index in [0.29, 0.717) is 0 Å². The summed E-state index contributed by atoms with van der Waals surface area (Å²) < 4.78 is 2.07. The fourth-order valence-electron chi connectivity index (χ4n) is 2.41. The van der Waals surface area contributed by atoms with E-state index < -0.39 is 23.4 Å². The van der Waals surface area contributed by atoms with Crippen molar-refractivity contribution >= 4 is 40.7 Å². The third-order valence-electron chi connectivity index (χ3n) is 3.75. The first kappa shape index (κ1) is 19.0. The highest BCUT2D eigenvalue weighted by atomic mass is 35.5. The van der Waals surface area contributed by atoms with Crippen LogP contribution in [-0.4, -0.2) is 48.0 Å². The van der Waals surface area contributed by atoms with Gasteiger partial charge >= 0.3 is 5.69 Å². The predicted molar refractivity (Wildman–Crippen MR) is 97.2 cm³/mol. The molecule has 3 amide bonds. The molecule has 13 heteroatoms. The van der Waals surface area contributed by atoms with Crippen LogP contribution in [0.5, 0.6) is 0 Å². The van der Waals surface area contributed by atoms with E-state index >= 15 is 0 Å². The maximum atomic E-state index is 12.6. The molecular formula is C15H13ClN8O4. The van der Waals surface area contributed by atoms with Gasteiger partial charge < -0.3 is 16.8 Å². The van der Waals surface area contributed by atoms with Gasteiger partial charge in [0.25, 0.3) is 11.8 Å². The minimum atomic E-state index is -0.878. The van der Waals surface area contributed by atoms with E-state index in [2.05, 4.69) is 20.6 Å². The number of amides is 3. The summed E-state index contributed by atoms with van der Waals surface area (Å²) in [6, 6.07) is 3.78. The van der Waals surface area contributed by atoms with Crippen LogP contribution in [0.15, 0.2) is 29.3 Å². The van der Waals surface area contributed by atoms with Gasteiger partial charge in [-0.15, -0.1) is 16.7 Å². The number of anilines is 1. The Morgan fingerprint density at radius 2 is 1.93 bits per heavy atom. The number of primary amides is 2. The molecule has 0 saturated carbocycles. The van der Waals surface area contributed by atoms with Crippen molar-refractivity contribution in [3.05, 3.63) is 51.8 Å². The van der Waals surface area contributed by atoms with Crippen LogP contribution in [0.1, 0.15) is 31.2 Å². The highest BCUT2D eigenvalue weighted by Crippen LogP contribution is 2.18. The van der Waals surface area contributed by atoms with Crippen molar-refractivity contribution in [1.82, 2.24) is 24.4 Å². The SMILES string of the molecule is NC(=O)c1ccc(NC(=O)c2ncn3c(=O)n(CCCl)nnc23)c(C(N)=O)c1. The number of fused-ring (bicyclic) bond motifs is 1. The van der Waals surface area contributed by atoms with Crippen molar-refractivity contribution in [1.29, 1.82) is 0 Å². The van der Waals surface area contributed by atoms with Crippen molar-refractivity contribution in [2.75, 3.05) is 11.2 Å². The number of aromatic nitrogens is 5. The number of nitrogens with one attached hydrogen (secondary N) is 1. The van der Waals surface area contributed by atoms with Crippen molar-refractivity contribution in [3.8, 4) is 0 Å². The average Bonchev–Trinajstić information content (AvgIpc) is 3.09. The molecule has 0 unspecified atom stereocenters. The smallest absolute Gasteiger partial charge is 0.353 e. The lowest BCUT2D eigenvalue weighted by Gasteiger charge is -2.09. The molecule has 0 radical (unpaired) electrons. The van der Waals surface area contributed by atoms with E-state index in [1.807, 2.05) is 0 Å². The maximum Gasteiger partial charge on any atom is 0.353 e. The third-order valence-corrected chi connectivity index (χ3v) is 3.91. The molecule has 0 aliphatic rings. The fraction of sp³-hybridized carbons (Fsp3) is 0.133. The van der Waals surface area contributed by atoms with Crippen LogP contribution in [0.4, 0.5) is 5.69 Å². The molecule has 28 heavy (non-hydrogen) atoms. The van der Waals surface area contributed by atoms with E-state index in [1.54, 1.807) is 0 Å². The molecule has 0 aliphatic heterocycles. The zero-order valence-electron chi connectivity index (χ0n) is 14.1. The maximum absolute atomic E-state index is 12.6. The Hall–Kier alpha value is -3.80. The molecule has 0 bridgehead atoms. The standard InChI is InChI=1S/C15H13ClN8O4/c16-3-4-24-15(28)23-6-19-10(13(23)21-22-24)14(27)20-9-2-1-7(11(17)25)5-8(9)12(18)26/h1-2,5-6H,3-4H2,(H2,17,25)(H2,18,26)(H,20,27). The number of carbonyl (C=O) groups excluding carboxylic acids is 3. The largest absolute Gasteiger partial charge is 0.366 e. The van der Waals surface area contributed by atoms with Crippen LogP contribution < -0.4 is 22.5 Å². The summed E-state index contributed by atoms with van der Waals surface area (Å²) in [4.78, 5) is 51.6. The number of halogens is 1. The van der Waals surface area contributed by atoms with Crippen LogP contribution in [0.3, 0.4) is 0 Å². The van der Waals surface area contributed by atoms with Crippen LogP contribution in [0, 0.1) is 0 Å². The van der Waals surface area contributed by atoms with Gasteiger partial charge in [0.1, 0.15) is 6.33 Å². The number of hydrogen-bond acceptors (Lipinski definition) is 7. The Morgan fingerprint density at radius 3 is 2.57 bits per heavy atom. The Balaban J connectivity index is 1.98. The van der Waals surface area contributed by atoms with Gasteiger partial charge in [0.15, 0.2) is 11.3 Å². The van der Waals surface area contributed by atoms with Gasteiger partial charge in [-0.05, 0) is 18.2 Å². The zero-order chi connectivity index (χ0) is 20.4. The van der Waals surface area contributed by atoms with Crippen molar-refractivity contribution < 1.29 is 14.4 Å². The second-order valence-electron chi connectivity index (χ2n) is 5.51. The number of carbonyl (C=O) groups is 3. The molecule has 1 aromatic carbocycles. The minimum Gasteiger partial charge on any atom is -0.366 e. The number of aryl methyl sites for hydroxylation is 1. The molecule has 0 spiro atoms. The monoisotopic (exact) mass is 404 g/mol. The van der Waals surface area contributed by atoms with E-state index in [4.69, 9.17) is 23.1 Å². The Morgan fingerprint density at radius 1 is 1.18 bits per heavy atom. The molecule has 0 fully saturated rings. The summed E-state index contributed by atoms with van der Waals surface area (Å²) in [6.07, 6.45) is 1.12. The molecule has 144 valence electrons. The van der Waals surface area contributed by atoms with Crippen molar-refractivity contribution in [2.45, 2.75) is 6.54 Å². The quantitative estimate of drug-likeness (QED) is 0.439. The number of nitrogens with two attached hydrogens (primary N) is 2. The number of hydrogen-bond donors (Lipinski definition) is 3. The van der Waals surface area contributed by atoms with Crippen molar-refractivity contribution in [2.24, 2.45) is 11.5 Å². The normalized spacial score (nSPS) is 10.8. The summed E-state index contributed by atoms with van der Waals surface area (Å²) in [6.45, 7) is 0.136. The lowest BCUT2D eigenvalue weighted by Crippen LogP contribution is -2.30. The minimum absolute atomic E-state index is 0.0343. The van der Waals surface area contributed by atoms with Crippen LogP contribution in [0.2, 0.25) is 0 Å². The molecule has 3 rings (SSSR count). The van der Waals surface area contributed by atoms with Gasteiger partial charge in [-0.1, -0.05) is 5.21 Å². The molecular weight excluding hydrogens is 392 g/mol. The van der Waals surface area contributed by atoms with Gasteiger partial charge in [0.05, 0.1) is 17.8 Å². The van der Waals surface area contributed by atoms with Gasteiger partial charge in [0.2, 0.25) is 5.91 Å². The summed E-state index contributed by atoms with van der Waals surface area (Å²) >= 11 is 5.59. The Labute approximate surface area is 161 Å². The first-order valence-electron chi connectivity index (χ1n) is 7.75. The lowest BCUT2D eigenvalue weighted by molar-refractivity contribution is 0.0997. The first-order chi connectivity index (χ1) is 13.3. The highest BCUT2D eigenvalue weighted by Gasteiger charge is 2.20. The van der Waals surface area contributed by atoms with E-state index in [1.165, 1.54) is 12.1 Å². The Kier molecular flexibility index (Phi) is 5.04. The number of alkyl halides is 1. The zero-order valence-corrected chi connectivity index (χ0v) is 14.9. The van der Waals surface area contributed by atoms with Crippen LogP contribution in [0.25, 0.3) is 5.65 Å².